The molecule has 2 aromatic carbocycles. The predicted octanol–water partition coefficient (Wildman–Crippen LogP) is 2.60. The van der Waals surface area contributed by atoms with E-state index >= 15 is 0 Å². The number of methoxy groups -OCH3 is 1. The average Bonchev–Trinajstić information content (AvgIpc) is 3.04. The van der Waals surface area contributed by atoms with E-state index < -0.39 is 11.9 Å². The number of nitrogens with one attached hydrogen (secondary N) is 1. The molecule has 7 heteroatoms. The summed E-state index contributed by atoms with van der Waals surface area (Å²) in [5.74, 6) is -1.82. The fourth-order valence-corrected chi connectivity index (χ4v) is 2.81. The number of benzene rings is 2. The number of anilines is 2. The zero-order valence-electron chi connectivity index (χ0n) is 14.1. The molecule has 2 aromatic rings. The van der Waals surface area contributed by atoms with Gasteiger partial charge in [-0.1, -0.05) is 0 Å². The summed E-state index contributed by atoms with van der Waals surface area (Å²) in [6.45, 7) is 0.233. The standard InChI is InChI=1S/C19H17FN2O4/c1-26-19(25)12-2-6-15(7-3-12)21-18(24)13-10-17(23)22(11-13)16-8-4-14(20)5-9-16/h2-9,13H,10-11H2,1H3,(H,21,24). The van der Waals surface area contributed by atoms with Crippen LogP contribution in [0, 0.1) is 11.7 Å². The maximum Gasteiger partial charge on any atom is 0.337 e. The molecule has 1 heterocycles. The van der Waals surface area contributed by atoms with Gasteiger partial charge in [0.05, 0.1) is 18.6 Å². The largest absolute Gasteiger partial charge is 0.465 e. The van der Waals surface area contributed by atoms with E-state index in [0.717, 1.165) is 0 Å². The third-order valence-corrected chi connectivity index (χ3v) is 4.21. The Balaban J connectivity index is 1.64. The Morgan fingerprint density at radius 2 is 1.77 bits per heavy atom. The predicted molar refractivity (Wildman–Crippen MR) is 93.3 cm³/mol. The molecule has 6 nitrogen and oxygen atoms in total. The fraction of sp³-hybridized carbons (Fsp3) is 0.211. The highest BCUT2D eigenvalue weighted by Gasteiger charge is 2.35. The van der Waals surface area contributed by atoms with Gasteiger partial charge in [0.1, 0.15) is 5.82 Å². The van der Waals surface area contributed by atoms with E-state index in [1.54, 1.807) is 24.3 Å². The molecule has 0 aromatic heterocycles. The van der Waals surface area contributed by atoms with Crippen LogP contribution in [0.2, 0.25) is 0 Å². The minimum atomic E-state index is -0.507. The second-order valence-corrected chi connectivity index (χ2v) is 5.94. The lowest BCUT2D eigenvalue weighted by molar-refractivity contribution is -0.122. The first-order chi connectivity index (χ1) is 12.5. The van der Waals surface area contributed by atoms with Crippen LogP contribution in [0.25, 0.3) is 0 Å². The number of hydrogen-bond acceptors (Lipinski definition) is 4. The van der Waals surface area contributed by atoms with E-state index in [1.165, 1.54) is 36.3 Å². The third kappa shape index (κ3) is 3.72. The van der Waals surface area contributed by atoms with Crippen LogP contribution >= 0.6 is 0 Å². The van der Waals surface area contributed by atoms with Crippen LogP contribution < -0.4 is 10.2 Å². The number of carbonyl (C=O) groups excluding carboxylic acids is 3. The summed E-state index contributed by atoms with van der Waals surface area (Å²) < 4.78 is 17.6. The molecule has 1 aliphatic rings. The first-order valence-electron chi connectivity index (χ1n) is 8.03. The molecule has 1 saturated heterocycles. The third-order valence-electron chi connectivity index (χ3n) is 4.21. The number of amides is 2. The van der Waals surface area contributed by atoms with Gasteiger partial charge in [-0.25, -0.2) is 9.18 Å². The van der Waals surface area contributed by atoms with Crippen LogP contribution in [0.3, 0.4) is 0 Å². The highest BCUT2D eigenvalue weighted by Crippen LogP contribution is 2.26. The molecule has 1 aliphatic heterocycles. The van der Waals surface area contributed by atoms with Crippen molar-refractivity contribution in [2.45, 2.75) is 6.42 Å². The Bertz CT molecular complexity index is 834. The SMILES string of the molecule is COC(=O)c1ccc(NC(=O)C2CC(=O)N(c3ccc(F)cc3)C2)cc1. The molecule has 0 radical (unpaired) electrons. The van der Waals surface area contributed by atoms with Gasteiger partial charge in [-0.15, -0.1) is 0 Å². The average molecular weight is 356 g/mol. The Morgan fingerprint density at radius 1 is 1.12 bits per heavy atom. The molecular formula is C19H17FN2O4. The van der Waals surface area contributed by atoms with Crippen molar-refractivity contribution in [2.75, 3.05) is 23.9 Å². The number of carbonyl (C=O) groups is 3. The van der Waals surface area contributed by atoms with Crippen LogP contribution in [-0.2, 0) is 14.3 Å². The lowest BCUT2D eigenvalue weighted by atomic mass is 10.1. The molecule has 0 bridgehead atoms. The number of rotatable bonds is 4. The summed E-state index contributed by atoms with van der Waals surface area (Å²) in [6.07, 6.45) is 0.0868. The maximum atomic E-state index is 13.0. The number of ether oxygens (including phenoxy) is 1. The van der Waals surface area contributed by atoms with Crippen LogP contribution in [-0.4, -0.2) is 31.4 Å². The first kappa shape index (κ1) is 17.6. The van der Waals surface area contributed by atoms with E-state index in [2.05, 4.69) is 10.1 Å². The van der Waals surface area contributed by atoms with Gasteiger partial charge in [0, 0.05) is 24.3 Å². The topological polar surface area (TPSA) is 75.7 Å². The second kappa shape index (κ2) is 7.35. The molecule has 1 atom stereocenters. The van der Waals surface area contributed by atoms with Crippen molar-refractivity contribution in [2.24, 2.45) is 5.92 Å². The van der Waals surface area contributed by atoms with Crippen molar-refractivity contribution in [1.82, 2.24) is 0 Å². The molecule has 2 amide bonds. The van der Waals surface area contributed by atoms with Crippen molar-refractivity contribution in [3.63, 3.8) is 0 Å². The summed E-state index contributed by atoms with van der Waals surface area (Å²) in [4.78, 5) is 37.5. The zero-order chi connectivity index (χ0) is 18.7. The van der Waals surface area contributed by atoms with Gasteiger partial charge in [-0.2, -0.15) is 0 Å². The quantitative estimate of drug-likeness (QED) is 0.855. The van der Waals surface area contributed by atoms with Crippen LogP contribution in [0.15, 0.2) is 48.5 Å². The molecule has 0 spiro atoms. The number of nitrogens with zero attached hydrogens (tertiary/aromatic N) is 1. The molecule has 1 fully saturated rings. The highest BCUT2D eigenvalue weighted by atomic mass is 19.1. The van der Waals surface area contributed by atoms with Gasteiger partial charge >= 0.3 is 5.97 Å². The molecule has 1 unspecified atom stereocenters. The van der Waals surface area contributed by atoms with Crippen LogP contribution in [0.1, 0.15) is 16.8 Å². The number of hydrogen-bond donors (Lipinski definition) is 1. The first-order valence-corrected chi connectivity index (χ1v) is 8.03. The molecule has 0 saturated carbocycles. The van der Waals surface area contributed by atoms with Crippen LogP contribution in [0.5, 0.6) is 0 Å². The monoisotopic (exact) mass is 356 g/mol. The van der Waals surface area contributed by atoms with Gasteiger partial charge < -0.3 is 15.0 Å². The van der Waals surface area contributed by atoms with Crippen molar-refractivity contribution < 1.29 is 23.5 Å². The maximum absolute atomic E-state index is 13.0. The summed E-state index contributed by atoms with van der Waals surface area (Å²) >= 11 is 0. The minimum Gasteiger partial charge on any atom is -0.465 e. The summed E-state index contributed by atoms with van der Waals surface area (Å²) in [7, 11) is 1.29. The molecule has 1 N–H and O–H groups in total. The summed E-state index contributed by atoms with van der Waals surface area (Å²) in [5.41, 5.74) is 1.47. The highest BCUT2D eigenvalue weighted by molar-refractivity contribution is 6.03. The van der Waals surface area contributed by atoms with E-state index in [-0.39, 0.29) is 30.6 Å². The number of halogens is 1. The second-order valence-electron chi connectivity index (χ2n) is 5.94. The molecular weight excluding hydrogens is 339 g/mol. The Morgan fingerprint density at radius 3 is 2.38 bits per heavy atom. The van der Waals surface area contributed by atoms with Gasteiger partial charge in [0.25, 0.3) is 0 Å². The fourth-order valence-electron chi connectivity index (χ4n) is 2.81. The van der Waals surface area contributed by atoms with E-state index in [0.29, 0.717) is 16.9 Å². The normalized spacial score (nSPS) is 16.5. The van der Waals surface area contributed by atoms with Gasteiger partial charge in [-0.05, 0) is 48.5 Å². The van der Waals surface area contributed by atoms with Crippen molar-refractivity contribution >= 4 is 29.2 Å². The Kier molecular flexibility index (Phi) is 4.97. The Hall–Kier alpha value is -3.22. The van der Waals surface area contributed by atoms with Crippen LogP contribution in [0.4, 0.5) is 15.8 Å². The summed E-state index contributed by atoms with van der Waals surface area (Å²) in [5, 5.41) is 2.74. The molecule has 134 valence electrons. The summed E-state index contributed by atoms with van der Waals surface area (Å²) in [6, 6.07) is 11.9. The van der Waals surface area contributed by atoms with Crippen molar-refractivity contribution in [3.8, 4) is 0 Å². The van der Waals surface area contributed by atoms with Gasteiger partial charge in [-0.3, -0.25) is 9.59 Å². The number of esters is 1. The van der Waals surface area contributed by atoms with Crippen molar-refractivity contribution in [1.29, 1.82) is 0 Å². The molecule has 3 rings (SSSR count). The van der Waals surface area contributed by atoms with Gasteiger partial charge in [0.2, 0.25) is 11.8 Å². The lowest BCUT2D eigenvalue weighted by Crippen LogP contribution is -2.28. The van der Waals surface area contributed by atoms with E-state index in [4.69, 9.17) is 0 Å². The molecule has 0 aliphatic carbocycles. The minimum absolute atomic E-state index is 0.0868. The van der Waals surface area contributed by atoms with Crippen molar-refractivity contribution in [3.05, 3.63) is 59.9 Å². The smallest absolute Gasteiger partial charge is 0.337 e. The van der Waals surface area contributed by atoms with E-state index in [1.807, 2.05) is 0 Å². The lowest BCUT2D eigenvalue weighted by Gasteiger charge is -2.16. The molecule has 26 heavy (non-hydrogen) atoms. The Labute approximate surface area is 149 Å². The zero-order valence-corrected chi connectivity index (χ0v) is 14.1. The van der Waals surface area contributed by atoms with E-state index in [9.17, 15) is 18.8 Å². The van der Waals surface area contributed by atoms with Gasteiger partial charge in [0.15, 0.2) is 0 Å².